The first-order valence-electron chi connectivity index (χ1n) is 5.35. The predicted molar refractivity (Wildman–Crippen MR) is 66.1 cm³/mol. The highest BCUT2D eigenvalue weighted by molar-refractivity contribution is 6.30. The molecule has 0 saturated heterocycles. The number of halogens is 1. The third-order valence-corrected chi connectivity index (χ3v) is 3.03. The average Bonchev–Trinajstić information content (AvgIpc) is 2.29. The fourth-order valence-electron chi connectivity index (χ4n) is 1.37. The first kappa shape index (κ1) is 13.2. The summed E-state index contributed by atoms with van der Waals surface area (Å²) in [6, 6.07) is 0.249. The van der Waals surface area contributed by atoms with E-state index in [1.807, 2.05) is 13.8 Å². The molecule has 1 N–H and O–H groups in total. The summed E-state index contributed by atoms with van der Waals surface area (Å²) >= 11 is 5.89. The Hall–Kier alpha value is -0.870. The van der Waals surface area contributed by atoms with Crippen LogP contribution in [0, 0.1) is 13.8 Å². The molecule has 16 heavy (non-hydrogen) atoms. The molecule has 90 valence electrons. The van der Waals surface area contributed by atoms with Crippen LogP contribution in [0.1, 0.15) is 24.5 Å². The van der Waals surface area contributed by atoms with Crippen LogP contribution in [-0.4, -0.2) is 30.0 Å². The molecule has 0 saturated carbocycles. The fraction of sp³-hybridized carbons (Fsp3) is 0.636. The number of anilines is 1. The smallest absolute Gasteiger partial charge is 0.155 e. The molecule has 0 radical (unpaired) electrons. The molecule has 0 spiro atoms. The van der Waals surface area contributed by atoms with Gasteiger partial charge in [0.1, 0.15) is 0 Å². The van der Waals surface area contributed by atoms with Crippen molar-refractivity contribution in [2.24, 2.45) is 0 Å². The van der Waals surface area contributed by atoms with Gasteiger partial charge in [0.15, 0.2) is 11.0 Å². The first-order valence-corrected chi connectivity index (χ1v) is 5.72. The maximum atomic E-state index is 5.89. The van der Waals surface area contributed by atoms with Gasteiger partial charge in [0.2, 0.25) is 0 Å². The van der Waals surface area contributed by atoms with E-state index in [2.05, 4.69) is 22.4 Å². The summed E-state index contributed by atoms with van der Waals surface area (Å²) in [5, 5.41) is 11.7. The highest BCUT2D eigenvalue weighted by atomic mass is 35.5. The van der Waals surface area contributed by atoms with Gasteiger partial charge >= 0.3 is 0 Å². The van der Waals surface area contributed by atoms with Gasteiger partial charge in [-0.25, -0.2) is 0 Å². The van der Waals surface area contributed by atoms with Crippen molar-refractivity contribution in [3.05, 3.63) is 16.3 Å². The minimum atomic E-state index is 0.249. The lowest BCUT2D eigenvalue weighted by Gasteiger charge is -2.18. The minimum absolute atomic E-state index is 0.249. The fourth-order valence-corrected chi connectivity index (χ4v) is 1.55. The van der Waals surface area contributed by atoms with Gasteiger partial charge in [-0.05, 0) is 31.4 Å². The number of aromatic nitrogens is 2. The molecule has 1 aromatic rings. The summed E-state index contributed by atoms with van der Waals surface area (Å²) in [5.41, 5.74) is 2.00. The Labute approximate surface area is 101 Å². The van der Waals surface area contributed by atoms with E-state index in [0.717, 1.165) is 23.4 Å². The van der Waals surface area contributed by atoms with Gasteiger partial charge in [0.05, 0.1) is 12.6 Å². The van der Waals surface area contributed by atoms with E-state index in [-0.39, 0.29) is 6.04 Å². The first-order chi connectivity index (χ1) is 7.60. The summed E-state index contributed by atoms with van der Waals surface area (Å²) in [6.07, 6.45) is 0.969. The van der Waals surface area contributed by atoms with Crippen molar-refractivity contribution in [1.82, 2.24) is 10.2 Å². The highest BCUT2D eigenvalue weighted by Gasteiger charge is 2.11. The number of methoxy groups -OCH3 is 1. The molecule has 1 rings (SSSR count). The average molecular weight is 244 g/mol. The molecule has 0 amide bonds. The van der Waals surface area contributed by atoms with E-state index in [0.29, 0.717) is 11.8 Å². The van der Waals surface area contributed by atoms with Gasteiger partial charge in [0, 0.05) is 7.11 Å². The number of nitrogens with one attached hydrogen (secondary N) is 1. The number of hydrogen-bond donors (Lipinski definition) is 1. The van der Waals surface area contributed by atoms with Crippen LogP contribution in [-0.2, 0) is 4.74 Å². The van der Waals surface area contributed by atoms with Gasteiger partial charge in [0.25, 0.3) is 0 Å². The number of rotatable bonds is 5. The summed E-state index contributed by atoms with van der Waals surface area (Å²) in [5.74, 6) is 0.783. The summed E-state index contributed by atoms with van der Waals surface area (Å²) < 4.78 is 5.12. The Balaban J connectivity index is 2.84. The van der Waals surface area contributed by atoms with Crippen LogP contribution >= 0.6 is 11.6 Å². The molecule has 0 aliphatic heterocycles. The molecular weight excluding hydrogens is 226 g/mol. The topological polar surface area (TPSA) is 47.0 Å². The quantitative estimate of drug-likeness (QED) is 0.864. The second kappa shape index (κ2) is 6.01. The standard InChI is InChI=1S/C11H18ClN3O/c1-5-9(6-16-4)13-11-8(3)7(2)10(12)14-15-11/h9H,5-6H2,1-4H3,(H,13,15). The molecular formula is C11H18ClN3O. The SMILES string of the molecule is CCC(COC)Nc1nnc(Cl)c(C)c1C. The molecule has 0 aliphatic rings. The molecule has 1 heterocycles. The molecule has 5 heteroatoms. The second-order valence-electron chi connectivity index (χ2n) is 3.79. The lowest BCUT2D eigenvalue weighted by molar-refractivity contribution is 0.184. The molecule has 0 aliphatic carbocycles. The Bertz CT molecular complexity index is 357. The van der Waals surface area contributed by atoms with Crippen molar-refractivity contribution in [1.29, 1.82) is 0 Å². The minimum Gasteiger partial charge on any atom is -0.383 e. The van der Waals surface area contributed by atoms with Gasteiger partial charge < -0.3 is 10.1 Å². The predicted octanol–water partition coefficient (Wildman–Crippen LogP) is 2.58. The zero-order chi connectivity index (χ0) is 12.1. The summed E-state index contributed by atoms with van der Waals surface area (Å²) in [6.45, 7) is 6.67. The van der Waals surface area contributed by atoms with Crippen LogP contribution in [0.4, 0.5) is 5.82 Å². The Morgan fingerprint density at radius 2 is 2.00 bits per heavy atom. The van der Waals surface area contributed by atoms with Gasteiger partial charge in [-0.1, -0.05) is 18.5 Å². The van der Waals surface area contributed by atoms with Crippen molar-refractivity contribution >= 4 is 17.4 Å². The third-order valence-electron chi connectivity index (χ3n) is 2.67. The van der Waals surface area contributed by atoms with Gasteiger partial charge in [-0.3, -0.25) is 0 Å². The molecule has 1 unspecified atom stereocenters. The lowest BCUT2D eigenvalue weighted by atomic mass is 10.1. The zero-order valence-corrected chi connectivity index (χ0v) is 10.9. The van der Waals surface area contributed by atoms with Crippen molar-refractivity contribution < 1.29 is 4.74 Å². The van der Waals surface area contributed by atoms with Gasteiger partial charge in [-0.15, -0.1) is 10.2 Å². The van der Waals surface area contributed by atoms with Crippen LogP contribution in [0.25, 0.3) is 0 Å². The monoisotopic (exact) mass is 243 g/mol. The number of ether oxygens (including phenoxy) is 1. The van der Waals surface area contributed by atoms with Crippen molar-refractivity contribution in [3.63, 3.8) is 0 Å². The van der Waals surface area contributed by atoms with E-state index in [9.17, 15) is 0 Å². The van der Waals surface area contributed by atoms with Crippen molar-refractivity contribution in [3.8, 4) is 0 Å². The highest BCUT2D eigenvalue weighted by Crippen LogP contribution is 2.21. The van der Waals surface area contributed by atoms with E-state index >= 15 is 0 Å². The van der Waals surface area contributed by atoms with E-state index in [1.165, 1.54) is 0 Å². The van der Waals surface area contributed by atoms with Crippen molar-refractivity contribution in [2.75, 3.05) is 19.0 Å². The molecule has 1 atom stereocenters. The van der Waals surface area contributed by atoms with E-state index in [1.54, 1.807) is 7.11 Å². The van der Waals surface area contributed by atoms with Crippen LogP contribution < -0.4 is 5.32 Å². The molecule has 4 nitrogen and oxygen atoms in total. The van der Waals surface area contributed by atoms with E-state index in [4.69, 9.17) is 16.3 Å². The van der Waals surface area contributed by atoms with Gasteiger partial charge in [-0.2, -0.15) is 0 Å². The molecule has 0 fully saturated rings. The summed E-state index contributed by atoms with van der Waals surface area (Å²) in [4.78, 5) is 0. The Morgan fingerprint density at radius 3 is 2.56 bits per heavy atom. The van der Waals surface area contributed by atoms with Crippen LogP contribution in [0.2, 0.25) is 5.15 Å². The molecule has 0 bridgehead atoms. The molecule has 1 aromatic heterocycles. The van der Waals surface area contributed by atoms with Crippen molar-refractivity contribution in [2.45, 2.75) is 33.2 Å². The maximum absolute atomic E-state index is 5.89. The van der Waals surface area contributed by atoms with Crippen LogP contribution in [0.3, 0.4) is 0 Å². The van der Waals surface area contributed by atoms with E-state index < -0.39 is 0 Å². The lowest BCUT2D eigenvalue weighted by Crippen LogP contribution is -2.25. The normalized spacial score (nSPS) is 12.6. The number of hydrogen-bond acceptors (Lipinski definition) is 4. The van der Waals surface area contributed by atoms with Crippen LogP contribution in [0.15, 0.2) is 0 Å². The van der Waals surface area contributed by atoms with Crippen LogP contribution in [0.5, 0.6) is 0 Å². The second-order valence-corrected chi connectivity index (χ2v) is 4.15. The third kappa shape index (κ3) is 3.06. The zero-order valence-electron chi connectivity index (χ0n) is 10.2. The summed E-state index contributed by atoms with van der Waals surface area (Å²) in [7, 11) is 1.69. The maximum Gasteiger partial charge on any atom is 0.155 e. The number of nitrogens with zero attached hydrogens (tertiary/aromatic N) is 2. The Morgan fingerprint density at radius 1 is 1.31 bits per heavy atom. The largest absolute Gasteiger partial charge is 0.383 e. The Kier molecular flexibility index (Phi) is 4.96. The molecule has 0 aromatic carbocycles.